The highest BCUT2D eigenvalue weighted by Gasteiger charge is 2.21. The van der Waals surface area contributed by atoms with Crippen LogP contribution in [0.15, 0.2) is 18.2 Å². The highest BCUT2D eigenvalue weighted by atomic mass is 19.1. The third-order valence-electron chi connectivity index (χ3n) is 3.67. The minimum Gasteiger partial charge on any atom is -0.314 e. The molecule has 1 aliphatic heterocycles. The molecule has 3 rings (SSSR count). The first kappa shape index (κ1) is 13.2. The molecule has 20 heavy (non-hydrogen) atoms. The fraction of sp³-hybridized carbons (Fsp3) is 0.429. The Balaban J connectivity index is 1.72. The number of hydrogen-bond donors (Lipinski definition) is 1. The molecule has 1 atom stereocenters. The first-order valence-corrected chi connectivity index (χ1v) is 6.75. The number of fused-ring (bicyclic) bond motifs is 1. The predicted octanol–water partition coefficient (Wildman–Crippen LogP) is 2.35. The molecule has 0 unspecified atom stereocenters. The van der Waals surface area contributed by atoms with Gasteiger partial charge in [0.05, 0.1) is 6.04 Å². The van der Waals surface area contributed by atoms with Gasteiger partial charge in [-0.25, -0.2) is 8.78 Å². The van der Waals surface area contributed by atoms with Crippen LogP contribution < -0.4 is 5.32 Å². The maximum Gasteiger partial charge on any atom is 0.149 e. The Hall–Kier alpha value is -1.82. The molecule has 0 saturated carbocycles. The van der Waals surface area contributed by atoms with Crippen LogP contribution in [0.5, 0.6) is 0 Å². The number of benzene rings is 1. The molecule has 0 bridgehead atoms. The molecule has 6 heteroatoms. The average molecular weight is 278 g/mol. The summed E-state index contributed by atoms with van der Waals surface area (Å²) in [5, 5.41) is 11.4. The van der Waals surface area contributed by atoms with E-state index in [0.29, 0.717) is 0 Å². The first-order chi connectivity index (χ1) is 9.66. The molecule has 0 amide bonds. The zero-order valence-electron chi connectivity index (χ0n) is 11.2. The van der Waals surface area contributed by atoms with Gasteiger partial charge in [-0.05, 0) is 25.5 Å². The zero-order chi connectivity index (χ0) is 14.1. The Bertz CT molecular complexity index is 603. The van der Waals surface area contributed by atoms with E-state index < -0.39 is 11.6 Å². The number of nitrogens with zero attached hydrogens (tertiary/aromatic N) is 3. The quantitative estimate of drug-likeness (QED) is 0.933. The first-order valence-electron chi connectivity index (χ1n) is 6.75. The van der Waals surface area contributed by atoms with Crippen LogP contribution in [0.4, 0.5) is 8.78 Å². The third kappa shape index (κ3) is 2.31. The van der Waals surface area contributed by atoms with Crippen molar-refractivity contribution >= 4 is 0 Å². The number of rotatable bonds is 4. The van der Waals surface area contributed by atoms with Crippen LogP contribution in [0.3, 0.4) is 0 Å². The maximum absolute atomic E-state index is 13.5. The molecule has 1 aromatic heterocycles. The second kappa shape index (κ2) is 5.28. The van der Waals surface area contributed by atoms with Gasteiger partial charge >= 0.3 is 0 Å². The molecular weight excluding hydrogens is 262 g/mol. The lowest BCUT2D eigenvalue weighted by atomic mass is 10.2. The molecule has 2 heterocycles. The lowest BCUT2D eigenvalue weighted by Crippen LogP contribution is -2.22. The highest BCUT2D eigenvalue weighted by Crippen LogP contribution is 2.20. The Morgan fingerprint density at radius 2 is 2.05 bits per heavy atom. The van der Waals surface area contributed by atoms with E-state index in [9.17, 15) is 8.78 Å². The van der Waals surface area contributed by atoms with Crippen molar-refractivity contribution in [1.82, 2.24) is 20.1 Å². The topological polar surface area (TPSA) is 42.7 Å². The molecule has 0 aliphatic carbocycles. The number of aryl methyl sites for hydroxylation is 1. The largest absolute Gasteiger partial charge is 0.314 e. The van der Waals surface area contributed by atoms with Gasteiger partial charge in [0, 0.05) is 25.1 Å². The molecule has 0 fully saturated rings. The fourth-order valence-corrected chi connectivity index (χ4v) is 2.54. The molecule has 4 nitrogen and oxygen atoms in total. The zero-order valence-corrected chi connectivity index (χ0v) is 11.2. The SMILES string of the molecule is C[C@@H](NCc1c(F)cccc1F)c1nnc2n1CCC2. The van der Waals surface area contributed by atoms with Crippen molar-refractivity contribution in [3.05, 3.63) is 47.0 Å². The van der Waals surface area contributed by atoms with Crippen molar-refractivity contribution in [3.63, 3.8) is 0 Å². The monoisotopic (exact) mass is 278 g/mol. The summed E-state index contributed by atoms with van der Waals surface area (Å²) < 4.78 is 29.2. The Kier molecular flexibility index (Phi) is 3.48. The van der Waals surface area contributed by atoms with Crippen LogP contribution in [0.1, 0.15) is 36.6 Å². The third-order valence-corrected chi connectivity index (χ3v) is 3.67. The Labute approximate surface area is 115 Å². The number of aromatic nitrogens is 3. The van der Waals surface area contributed by atoms with Crippen molar-refractivity contribution in [2.75, 3.05) is 0 Å². The lowest BCUT2D eigenvalue weighted by Gasteiger charge is -2.14. The van der Waals surface area contributed by atoms with E-state index in [1.807, 2.05) is 6.92 Å². The summed E-state index contributed by atoms with van der Waals surface area (Å²) in [6.45, 7) is 2.97. The minimum absolute atomic E-state index is 0.0560. The van der Waals surface area contributed by atoms with Gasteiger partial charge < -0.3 is 9.88 Å². The van der Waals surface area contributed by atoms with E-state index in [4.69, 9.17) is 0 Å². The highest BCUT2D eigenvalue weighted by molar-refractivity contribution is 5.19. The summed E-state index contributed by atoms with van der Waals surface area (Å²) in [6.07, 6.45) is 2.02. The van der Waals surface area contributed by atoms with Gasteiger partial charge in [0.2, 0.25) is 0 Å². The van der Waals surface area contributed by atoms with Gasteiger partial charge in [-0.3, -0.25) is 0 Å². The van der Waals surface area contributed by atoms with Gasteiger partial charge in [0.15, 0.2) is 0 Å². The number of hydrogen-bond acceptors (Lipinski definition) is 3. The smallest absolute Gasteiger partial charge is 0.149 e. The molecule has 0 radical (unpaired) electrons. The molecule has 2 aromatic rings. The second-order valence-electron chi connectivity index (χ2n) is 5.03. The summed E-state index contributed by atoms with van der Waals surface area (Å²) in [4.78, 5) is 0. The van der Waals surface area contributed by atoms with E-state index in [-0.39, 0.29) is 18.2 Å². The second-order valence-corrected chi connectivity index (χ2v) is 5.03. The summed E-state index contributed by atoms with van der Waals surface area (Å²) >= 11 is 0. The van der Waals surface area contributed by atoms with Crippen molar-refractivity contribution in [2.45, 2.75) is 38.9 Å². The van der Waals surface area contributed by atoms with Gasteiger partial charge in [-0.2, -0.15) is 0 Å². The maximum atomic E-state index is 13.5. The molecule has 1 aliphatic rings. The Morgan fingerprint density at radius 3 is 2.80 bits per heavy atom. The predicted molar refractivity (Wildman–Crippen MR) is 70.0 cm³/mol. The van der Waals surface area contributed by atoms with E-state index in [2.05, 4.69) is 20.1 Å². The van der Waals surface area contributed by atoms with E-state index >= 15 is 0 Å². The summed E-state index contributed by atoms with van der Waals surface area (Å²) in [5.74, 6) is 0.757. The van der Waals surface area contributed by atoms with E-state index in [0.717, 1.165) is 31.0 Å². The van der Waals surface area contributed by atoms with Crippen molar-refractivity contribution in [3.8, 4) is 0 Å². The lowest BCUT2D eigenvalue weighted by molar-refractivity contribution is 0.484. The van der Waals surface area contributed by atoms with Gasteiger partial charge in [0.1, 0.15) is 23.3 Å². The summed E-state index contributed by atoms with van der Waals surface area (Å²) in [5.41, 5.74) is 0.0560. The van der Waals surface area contributed by atoms with Crippen molar-refractivity contribution in [1.29, 1.82) is 0 Å². The normalized spacial score (nSPS) is 15.3. The van der Waals surface area contributed by atoms with Gasteiger partial charge in [-0.15, -0.1) is 10.2 Å². The van der Waals surface area contributed by atoms with Crippen LogP contribution in [0.2, 0.25) is 0 Å². The minimum atomic E-state index is -0.531. The van der Waals surface area contributed by atoms with Crippen LogP contribution in [-0.2, 0) is 19.5 Å². The molecule has 106 valence electrons. The summed E-state index contributed by atoms with van der Waals surface area (Å²) in [7, 11) is 0. The Morgan fingerprint density at radius 1 is 1.30 bits per heavy atom. The van der Waals surface area contributed by atoms with Crippen molar-refractivity contribution in [2.24, 2.45) is 0 Å². The molecule has 1 aromatic carbocycles. The van der Waals surface area contributed by atoms with Crippen molar-refractivity contribution < 1.29 is 8.78 Å². The molecule has 0 saturated heterocycles. The molecular formula is C14H16F2N4. The van der Waals surface area contributed by atoms with Gasteiger partial charge in [-0.1, -0.05) is 6.07 Å². The van der Waals surface area contributed by atoms with E-state index in [1.54, 1.807) is 0 Å². The van der Waals surface area contributed by atoms with E-state index in [1.165, 1.54) is 18.2 Å². The molecule has 0 spiro atoms. The summed E-state index contributed by atoms with van der Waals surface area (Å²) in [6, 6.07) is 3.79. The number of halogens is 2. The average Bonchev–Trinajstić information content (AvgIpc) is 3.00. The van der Waals surface area contributed by atoms with Crippen LogP contribution in [-0.4, -0.2) is 14.8 Å². The van der Waals surface area contributed by atoms with Crippen LogP contribution in [0.25, 0.3) is 0 Å². The fourth-order valence-electron chi connectivity index (χ4n) is 2.54. The van der Waals surface area contributed by atoms with Gasteiger partial charge in [0.25, 0.3) is 0 Å². The number of nitrogens with one attached hydrogen (secondary N) is 1. The van der Waals surface area contributed by atoms with Crippen LogP contribution in [0, 0.1) is 11.6 Å². The van der Waals surface area contributed by atoms with Crippen LogP contribution >= 0.6 is 0 Å². The standard InChI is InChI=1S/C14H16F2N4/c1-9(14-19-18-13-6-3-7-20(13)14)17-8-10-11(15)4-2-5-12(10)16/h2,4-5,9,17H,3,6-8H2,1H3/t9-/m1/s1. The molecule has 1 N–H and O–H groups in total.